The standard InChI is InChI=1S/C24H20Cl2O4S/c1-15-3-7-17(8-4-15)24(28)23(31(29,30)19-10-5-16(2)6-11-19)14-22(27)20-12-9-18(25)13-21(20)26/h3-13,23H,14H2,1-2H3/t23-/m0/s1. The maximum atomic E-state index is 13.4. The molecule has 0 bridgehead atoms. The van der Waals surface area contributed by atoms with Crippen molar-refractivity contribution in [2.24, 2.45) is 0 Å². The molecule has 0 aliphatic rings. The highest BCUT2D eigenvalue weighted by Crippen LogP contribution is 2.27. The van der Waals surface area contributed by atoms with Gasteiger partial charge in [0.25, 0.3) is 0 Å². The number of carbonyl (C=O) groups excluding carboxylic acids is 2. The van der Waals surface area contributed by atoms with Crippen LogP contribution in [-0.2, 0) is 9.84 Å². The molecule has 0 radical (unpaired) electrons. The zero-order valence-electron chi connectivity index (χ0n) is 16.9. The number of benzene rings is 3. The van der Waals surface area contributed by atoms with Crippen molar-refractivity contribution in [3.8, 4) is 0 Å². The van der Waals surface area contributed by atoms with E-state index in [0.29, 0.717) is 5.02 Å². The van der Waals surface area contributed by atoms with Gasteiger partial charge in [-0.2, -0.15) is 0 Å². The van der Waals surface area contributed by atoms with Crippen LogP contribution < -0.4 is 0 Å². The molecule has 0 saturated heterocycles. The third-order valence-electron chi connectivity index (χ3n) is 4.95. The van der Waals surface area contributed by atoms with Crippen molar-refractivity contribution in [1.29, 1.82) is 0 Å². The summed E-state index contributed by atoms with van der Waals surface area (Å²) in [4.78, 5) is 26.2. The minimum atomic E-state index is -4.14. The molecule has 0 spiro atoms. The lowest BCUT2D eigenvalue weighted by atomic mass is 10.0. The van der Waals surface area contributed by atoms with E-state index in [1.54, 1.807) is 36.4 Å². The van der Waals surface area contributed by atoms with E-state index in [4.69, 9.17) is 23.2 Å². The second-order valence-electron chi connectivity index (χ2n) is 7.33. The molecule has 0 fully saturated rings. The van der Waals surface area contributed by atoms with Gasteiger partial charge in [0.2, 0.25) is 0 Å². The summed E-state index contributed by atoms with van der Waals surface area (Å²) in [7, 11) is -4.14. The first kappa shape index (κ1) is 23.2. The monoisotopic (exact) mass is 474 g/mol. The van der Waals surface area contributed by atoms with E-state index in [0.717, 1.165) is 11.1 Å². The van der Waals surface area contributed by atoms with Gasteiger partial charge >= 0.3 is 0 Å². The molecule has 1 atom stereocenters. The molecule has 0 N–H and O–H groups in total. The van der Waals surface area contributed by atoms with Gasteiger partial charge in [-0.05, 0) is 44.2 Å². The normalized spacial score (nSPS) is 12.4. The topological polar surface area (TPSA) is 68.3 Å². The molecule has 160 valence electrons. The Morgan fingerprint density at radius 2 is 1.39 bits per heavy atom. The number of aryl methyl sites for hydroxylation is 2. The smallest absolute Gasteiger partial charge is 0.189 e. The van der Waals surface area contributed by atoms with Gasteiger partial charge in [0.1, 0.15) is 5.25 Å². The predicted molar refractivity (Wildman–Crippen MR) is 123 cm³/mol. The molecule has 0 aliphatic carbocycles. The van der Waals surface area contributed by atoms with Crippen LogP contribution in [0.4, 0.5) is 0 Å². The minimum Gasteiger partial charge on any atom is -0.294 e. The largest absolute Gasteiger partial charge is 0.294 e. The van der Waals surface area contributed by atoms with Crippen LogP contribution in [0.5, 0.6) is 0 Å². The molecule has 4 nitrogen and oxygen atoms in total. The fraction of sp³-hybridized carbons (Fsp3) is 0.167. The first-order valence-electron chi connectivity index (χ1n) is 9.49. The summed E-state index contributed by atoms with van der Waals surface area (Å²) in [5.41, 5.74) is 2.15. The first-order valence-corrected chi connectivity index (χ1v) is 11.8. The third-order valence-corrected chi connectivity index (χ3v) is 7.56. The molecule has 3 rings (SSSR count). The first-order chi connectivity index (χ1) is 14.6. The van der Waals surface area contributed by atoms with Crippen molar-refractivity contribution < 1.29 is 18.0 Å². The number of hydrogen-bond acceptors (Lipinski definition) is 4. The van der Waals surface area contributed by atoms with E-state index in [-0.39, 0.29) is 21.0 Å². The summed E-state index contributed by atoms with van der Waals surface area (Å²) >= 11 is 12.0. The molecule has 0 heterocycles. The van der Waals surface area contributed by atoms with Crippen LogP contribution in [-0.4, -0.2) is 25.2 Å². The van der Waals surface area contributed by atoms with Crippen molar-refractivity contribution in [3.05, 3.63) is 99.0 Å². The highest BCUT2D eigenvalue weighted by Gasteiger charge is 2.37. The molecule has 3 aromatic rings. The van der Waals surface area contributed by atoms with Crippen LogP contribution in [0.3, 0.4) is 0 Å². The molecule has 0 saturated carbocycles. The molecule has 31 heavy (non-hydrogen) atoms. The van der Waals surface area contributed by atoms with Gasteiger partial charge in [0.05, 0.1) is 9.92 Å². The van der Waals surface area contributed by atoms with Crippen molar-refractivity contribution in [2.45, 2.75) is 30.4 Å². The van der Waals surface area contributed by atoms with Crippen LogP contribution in [0.15, 0.2) is 71.6 Å². The van der Waals surface area contributed by atoms with Crippen molar-refractivity contribution in [3.63, 3.8) is 0 Å². The van der Waals surface area contributed by atoms with E-state index in [1.165, 1.54) is 30.3 Å². The van der Waals surface area contributed by atoms with Gasteiger partial charge in [-0.1, -0.05) is 70.7 Å². The predicted octanol–water partition coefficient (Wildman–Crippen LogP) is 5.91. The van der Waals surface area contributed by atoms with Crippen molar-refractivity contribution in [2.75, 3.05) is 0 Å². The fourth-order valence-corrected chi connectivity index (χ4v) is 5.28. The summed E-state index contributed by atoms with van der Waals surface area (Å²) in [5.74, 6) is -1.19. The van der Waals surface area contributed by atoms with Crippen LogP contribution in [0.1, 0.15) is 38.3 Å². The Morgan fingerprint density at radius 1 is 0.839 bits per heavy atom. The second-order valence-corrected chi connectivity index (χ2v) is 10.3. The third kappa shape index (κ3) is 5.24. The summed E-state index contributed by atoms with van der Waals surface area (Å²) < 4.78 is 26.8. The summed E-state index contributed by atoms with van der Waals surface area (Å²) in [6.07, 6.45) is -0.537. The van der Waals surface area contributed by atoms with Gasteiger partial charge in [0.15, 0.2) is 21.4 Å². The second kappa shape index (κ2) is 9.35. The number of hydrogen-bond donors (Lipinski definition) is 0. The van der Waals surface area contributed by atoms with E-state index < -0.39 is 33.1 Å². The highest BCUT2D eigenvalue weighted by atomic mass is 35.5. The van der Waals surface area contributed by atoms with E-state index in [2.05, 4.69) is 0 Å². The van der Waals surface area contributed by atoms with Crippen LogP contribution in [0, 0.1) is 13.8 Å². The number of sulfone groups is 1. The van der Waals surface area contributed by atoms with Gasteiger partial charge in [0, 0.05) is 22.6 Å². The number of halogens is 2. The maximum absolute atomic E-state index is 13.4. The van der Waals surface area contributed by atoms with Crippen LogP contribution in [0.2, 0.25) is 10.0 Å². The SMILES string of the molecule is Cc1ccc(C(=O)[C@H](CC(=O)c2ccc(Cl)cc2Cl)S(=O)(=O)c2ccc(C)cc2)cc1. The Morgan fingerprint density at radius 3 is 1.94 bits per heavy atom. The van der Waals surface area contributed by atoms with E-state index in [1.807, 2.05) is 13.8 Å². The Hall–Kier alpha value is -2.47. The van der Waals surface area contributed by atoms with Gasteiger partial charge in [-0.25, -0.2) is 8.42 Å². The number of carbonyl (C=O) groups is 2. The Bertz CT molecular complexity index is 1230. The number of ketones is 2. The lowest BCUT2D eigenvalue weighted by Crippen LogP contribution is -2.33. The zero-order chi connectivity index (χ0) is 22.8. The van der Waals surface area contributed by atoms with Gasteiger partial charge < -0.3 is 0 Å². The number of rotatable bonds is 7. The molecule has 3 aromatic carbocycles. The molecule has 0 aromatic heterocycles. The molecule has 0 aliphatic heterocycles. The van der Waals surface area contributed by atoms with E-state index >= 15 is 0 Å². The molecular formula is C24H20Cl2O4S. The maximum Gasteiger partial charge on any atom is 0.189 e. The Kier molecular flexibility index (Phi) is 6.99. The Balaban J connectivity index is 2.05. The van der Waals surface area contributed by atoms with Crippen molar-refractivity contribution in [1.82, 2.24) is 0 Å². The molecule has 0 amide bonds. The summed E-state index contributed by atoms with van der Waals surface area (Å²) in [6.45, 7) is 3.69. The Labute approximate surface area is 191 Å². The molecule has 7 heteroatoms. The molecular weight excluding hydrogens is 455 g/mol. The van der Waals surface area contributed by atoms with Crippen LogP contribution >= 0.6 is 23.2 Å². The van der Waals surface area contributed by atoms with Crippen molar-refractivity contribution >= 4 is 44.6 Å². The lowest BCUT2D eigenvalue weighted by molar-refractivity contribution is 0.0920. The van der Waals surface area contributed by atoms with Gasteiger partial charge in [-0.3, -0.25) is 9.59 Å². The zero-order valence-corrected chi connectivity index (χ0v) is 19.3. The average molecular weight is 475 g/mol. The average Bonchev–Trinajstić information content (AvgIpc) is 2.72. The van der Waals surface area contributed by atoms with Gasteiger partial charge in [-0.15, -0.1) is 0 Å². The highest BCUT2D eigenvalue weighted by molar-refractivity contribution is 7.92. The minimum absolute atomic E-state index is 0.0152. The lowest BCUT2D eigenvalue weighted by Gasteiger charge is -2.17. The van der Waals surface area contributed by atoms with E-state index in [9.17, 15) is 18.0 Å². The molecule has 0 unspecified atom stereocenters. The summed E-state index contributed by atoms with van der Waals surface area (Å²) in [5, 5.41) is -1.13. The summed E-state index contributed by atoms with van der Waals surface area (Å²) in [6, 6.07) is 17.1. The fourth-order valence-electron chi connectivity index (χ4n) is 3.13. The van der Waals surface area contributed by atoms with Crippen LogP contribution in [0.25, 0.3) is 0 Å². The number of Topliss-reactive ketones (excluding diaryl/α,β-unsaturated/α-hetero) is 2. The quantitative estimate of drug-likeness (QED) is 0.399.